The summed E-state index contributed by atoms with van der Waals surface area (Å²) < 4.78 is 48.7. The summed E-state index contributed by atoms with van der Waals surface area (Å²) in [6, 6.07) is 57.0. The molecule has 3 nitrogen and oxygen atoms in total. The summed E-state index contributed by atoms with van der Waals surface area (Å²) in [6.07, 6.45) is -4.61. The van der Waals surface area contributed by atoms with Gasteiger partial charge in [0.2, 0.25) is 0 Å². The molecule has 0 spiro atoms. The predicted molar refractivity (Wildman–Crippen MR) is 231 cm³/mol. The number of benzene rings is 8. The van der Waals surface area contributed by atoms with Gasteiger partial charge >= 0.3 is 6.18 Å². The van der Waals surface area contributed by atoms with E-state index in [2.05, 4.69) is 126 Å². The maximum atomic E-state index is 14.9. The third-order valence-electron chi connectivity index (χ3n) is 11.4. The van der Waals surface area contributed by atoms with Crippen LogP contribution < -0.4 is 0 Å². The summed E-state index contributed by atoms with van der Waals surface area (Å²) in [4.78, 5) is 0. The minimum Gasteiger partial charge on any atom is -0.308 e. The number of para-hydroxylation sites is 2. The number of hydrogen-bond acceptors (Lipinski definition) is 1. The quantitative estimate of drug-likeness (QED) is 0.172. The van der Waals surface area contributed by atoms with Crippen LogP contribution in [-0.4, -0.2) is 9.13 Å². The second-order valence-electron chi connectivity index (χ2n) is 14.9. The molecular weight excluding hydrogens is 724 g/mol. The molecule has 8 aromatic carbocycles. The Labute approximate surface area is 333 Å². The monoisotopic (exact) mass is 757 g/mol. The summed E-state index contributed by atoms with van der Waals surface area (Å²) in [5.41, 5.74) is 10.6. The topological polar surface area (TPSA) is 33.6 Å². The van der Waals surface area contributed by atoms with E-state index in [1.165, 1.54) is 12.1 Å². The van der Waals surface area contributed by atoms with Crippen LogP contribution in [0.4, 0.5) is 13.2 Å². The first-order valence-corrected chi connectivity index (χ1v) is 19.1. The zero-order valence-corrected chi connectivity index (χ0v) is 31.6. The van der Waals surface area contributed by atoms with Gasteiger partial charge in [-0.3, -0.25) is 0 Å². The number of alkyl halides is 3. The molecule has 0 radical (unpaired) electrons. The molecule has 6 heteroatoms. The number of rotatable bonds is 5. The maximum Gasteiger partial charge on any atom is 0.417 e. The molecule has 0 N–H and O–H groups in total. The van der Waals surface area contributed by atoms with Gasteiger partial charge in [-0.1, -0.05) is 139 Å². The third-order valence-corrected chi connectivity index (χ3v) is 11.4. The third kappa shape index (κ3) is 5.66. The Morgan fingerprint density at radius 3 is 1.31 bits per heavy atom. The van der Waals surface area contributed by atoms with E-state index in [0.717, 1.165) is 83.1 Å². The molecule has 2 heterocycles. The van der Waals surface area contributed by atoms with Crippen LogP contribution in [0.5, 0.6) is 0 Å². The van der Waals surface area contributed by atoms with Crippen LogP contribution in [0.15, 0.2) is 170 Å². The number of fused-ring (bicyclic) bond motifs is 6. The van der Waals surface area contributed by atoms with E-state index in [9.17, 15) is 18.4 Å². The molecule has 0 saturated heterocycles. The molecule has 2 aromatic heterocycles. The number of nitriles is 1. The Kier molecular flexibility index (Phi) is 8.10. The van der Waals surface area contributed by atoms with E-state index in [0.29, 0.717) is 22.5 Å². The average Bonchev–Trinajstić information content (AvgIpc) is 3.75. The van der Waals surface area contributed by atoms with Crippen LogP contribution in [0, 0.1) is 25.2 Å². The zero-order valence-electron chi connectivity index (χ0n) is 31.6. The largest absolute Gasteiger partial charge is 0.417 e. The first kappa shape index (κ1) is 35.1. The first-order chi connectivity index (χ1) is 28.2. The van der Waals surface area contributed by atoms with E-state index < -0.39 is 11.7 Å². The van der Waals surface area contributed by atoms with Crippen molar-refractivity contribution in [1.29, 1.82) is 5.26 Å². The predicted octanol–water partition coefficient (Wildman–Crippen LogP) is 14.4. The maximum absolute atomic E-state index is 14.9. The van der Waals surface area contributed by atoms with Crippen molar-refractivity contribution in [3.63, 3.8) is 0 Å². The second kappa shape index (κ2) is 13.4. The van der Waals surface area contributed by atoms with E-state index in [4.69, 9.17) is 0 Å². The second-order valence-corrected chi connectivity index (χ2v) is 14.9. The minimum absolute atomic E-state index is 0.0317. The number of nitrogens with zero attached hydrogens (tertiary/aromatic N) is 3. The molecular formula is C52H34F3N3. The van der Waals surface area contributed by atoms with Crippen molar-refractivity contribution in [2.45, 2.75) is 20.0 Å². The molecule has 10 rings (SSSR count). The van der Waals surface area contributed by atoms with Crippen molar-refractivity contribution < 1.29 is 13.2 Å². The number of aryl methyl sites for hydroxylation is 2. The summed E-state index contributed by atoms with van der Waals surface area (Å²) in [5.74, 6) is 0. The zero-order chi connectivity index (χ0) is 39.7. The van der Waals surface area contributed by atoms with E-state index in [-0.39, 0.29) is 5.56 Å². The molecule has 0 aliphatic rings. The lowest BCUT2D eigenvalue weighted by Gasteiger charge is -2.20. The fourth-order valence-corrected chi connectivity index (χ4v) is 8.53. The smallest absolute Gasteiger partial charge is 0.308 e. The van der Waals surface area contributed by atoms with Gasteiger partial charge in [0, 0.05) is 21.5 Å². The SMILES string of the molecule is Cc1ccc(-c2ccc3c4ccccc4n(-c4cc(-c5ccccc5C(F)(F)F)cc(-n5c6ccccc6c6ccc(-c7ccc(C)cc7)cc65)c4C#N)c3c2)cc1. The lowest BCUT2D eigenvalue weighted by molar-refractivity contribution is -0.137. The number of aromatic nitrogens is 2. The highest BCUT2D eigenvalue weighted by atomic mass is 19.4. The van der Waals surface area contributed by atoms with Gasteiger partial charge in [0.1, 0.15) is 11.6 Å². The van der Waals surface area contributed by atoms with Gasteiger partial charge in [-0.15, -0.1) is 0 Å². The van der Waals surface area contributed by atoms with Crippen LogP contribution in [0.3, 0.4) is 0 Å². The van der Waals surface area contributed by atoms with Gasteiger partial charge < -0.3 is 9.13 Å². The van der Waals surface area contributed by atoms with Gasteiger partial charge in [-0.2, -0.15) is 18.4 Å². The lowest BCUT2D eigenvalue weighted by Crippen LogP contribution is -2.09. The fourth-order valence-electron chi connectivity index (χ4n) is 8.53. The van der Waals surface area contributed by atoms with Crippen LogP contribution in [-0.2, 0) is 6.18 Å². The highest BCUT2D eigenvalue weighted by Crippen LogP contribution is 2.44. The highest BCUT2D eigenvalue weighted by molar-refractivity contribution is 6.12. The molecule has 0 bridgehead atoms. The summed E-state index contributed by atoms with van der Waals surface area (Å²) >= 11 is 0. The van der Waals surface area contributed by atoms with Gasteiger partial charge in [0.15, 0.2) is 0 Å². The van der Waals surface area contributed by atoms with Crippen molar-refractivity contribution in [2.24, 2.45) is 0 Å². The van der Waals surface area contributed by atoms with E-state index in [1.54, 1.807) is 18.2 Å². The summed E-state index contributed by atoms with van der Waals surface area (Å²) in [6.45, 7) is 4.10. The molecule has 0 atom stereocenters. The molecule has 0 unspecified atom stereocenters. The standard InChI is InChI=1S/C52H34F3N3/c1-32-15-19-34(20-16-32)36-23-25-42-40-10-4-7-13-46(40)57(48(42)27-36)50-29-38(39-9-3-6-12-45(39)52(53,54)55)30-51(44(50)31-56)58-47-14-8-5-11-41(47)43-26-24-37(28-49(43)58)35-21-17-33(2)18-22-35/h3-30H,1-2H3. The Bertz CT molecular complexity index is 3100. The minimum atomic E-state index is -4.61. The lowest BCUT2D eigenvalue weighted by atomic mass is 9.95. The summed E-state index contributed by atoms with van der Waals surface area (Å²) in [7, 11) is 0. The molecule has 58 heavy (non-hydrogen) atoms. The number of halogens is 3. The van der Waals surface area contributed by atoms with Crippen LogP contribution in [0.2, 0.25) is 0 Å². The molecule has 278 valence electrons. The van der Waals surface area contributed by atoms with Crippen molar-refractivity contribution in [1.82, 2.24) is 9.13 Å². The van der Waals surface area contributed by atoms with Crippen LogP contribution >= 0.6 is 0 Å². The highest BCUT2D eigenvalue weighted by Gasteiger charge is 2.34. The van der Waals surface area contributed by atoms with Gasteiger partial charge in [0.05, 0.1) is 39.0 Å². The average molecular weight is 758 g/mol. The molecule has 0 amide bonds. The Morgan fingerprint density at radius 1 is 0.431 bits per heavy atom. The van der Waals surface area contributed by atoms with Crippen molar-refractivity contribution in [3.05, 3.63) is 192 Å². The van der Waals surface area contributed by atoms with Gasteiger partial charge in [-0.05, 0) is 89.7 Å². The van der Waals surface area contributed by atoms with Crippen LogP contribution in [0.25, 0.3) is 88.4 Å². The van der Waals surface area contributed by atoms with Crippen molar-refractivity contribution in [2.75, 3.05) is 0 Å². The van der Waals surface area contributed by atoms with E-state index >= 15 is 0 Å². The molecule has 0 saturated carbocycles. The Hall–Kier alpha value is -7.36. The number of hydrogen-bond donors (Lipinski definition) is 0. The van der Waals surface area contributed by atoms with Gasteiger partial charge in [0.25, 0.3) is 0 Å². The Morgan fingerprint density at radius 2 is 0.845 bits per heavy atom. The molecule has 0 aliphatic carbocycles. The normalized spacial score (nSPS) is 11.9. The fraction of sp³-hybridized carbons (Fsp3) is 0.0577. The molecule has 10 aromatic rings. The van der Waals surface area contributed by atoms with Crippen LogP contribution in [0.1, 0.15) is 22.3 Å². The van der Waals surface area contributed by atoms with Crippen molar-refractivity contribution >= 4 is 43.6 Å². The summed E-state index contributed by atoms with van der Waals surface area (Å²) in [5, 5.41) is 15.3. The van der Waals surface area contributed by atoms with Gasteiger partial charge in [-0.25, -0.2) is 0 Å². The van der Waals surface area contributed by atoms with E-state index in [1.807, 2.05) is 36.4 Å². The molecule has 0 fully saturated rings. The first-order valence-electron chi connectivity index (χ1n) is 19.1. The Balaban J connectivity index is 1.35. The molecule has 0 aliphatic heterocycles. The van der Waals surface area contributed by atoms with Crippen molar-refractivity contribution in [3.8, 4) is 50.8 Å².